The summed E-state index contributed by atoms with van der Waals surface area (Å²) in [6.07, 6.45) is 2.50. The maximum absolute atomic E-state index is 12.6. The highest BCUT2D eigenvalue weighted by Gasteiger charge is 2.23. The number of thiophene rings is 1. The quantitative estimate of drug-likeness (QED) is 0.778. The Morgan fingerprint density at radius 3 is 2.70 bits per heavy atom. The molecule has 0 fully saturated rings. The second-order valence-corrected chi connectivity index (χ2v) is 6.79. The molecule has 1 amide bonds. The van der Waals surface area contributed by atoms with Gasteiger partial charge in [0, 0.05) is 16.0 Å². The fraction of sp³-hybridized carbons (Fsp3) is 0.294. The van der Waals surface area contributed by atoms with Gasteiger partial charge < -0.3 is 10.1 Å². The highest BCUT2D eigenvalue weighted by molar-refractivity contribution is 7.98. The van der Waals surface area contributed by atoms with Crippen LogP contribution in [0.1, 0.15) is 16.8 Å². The first kappa shape index (κ1) is 17.6. The van der Waals surface area contributed by atoms with E-state index in [-0.39, 0.29) is 5.91 Å². The van der Waals surface area contributed by atoms with E-state index in [2.05, 4.69) is 5.32 Å². The molecule has 122 valence electrons. The number of nitrogens with one attached hydrogen (secondary N) is 1. The molecular formula is C17H19NO3S2. The number of amides is 1. The molecule has 4 nitrogen and oxygen atoms in total. The van der Waals surface area contributed by atoms with E-state index < -0.39 is 12.0 Å². The SMILES string of the molecule is COC(=O)[C@H](CCSC)NC(=O)c1ccccc1-c1cccs1. The highest BCUT2D eigenvalue weighted by Crippen LogP contribution is 2.28. The number of methoxy groups -OCH3 is 1. The lowest BCUT2D eigenvalue weighted by Crippen LogP contribution is -2.42. The molecule has 2 aromatic rings. The zero-order chi connectivity index (χ0) is 16.7. The molecule has 0 unspecified atom stereocenters. The van der Waals surface area contributed by atoms with Gasteiger partial charge >= 0.3 is 5.97 Å². The molecule has 23 heavy (non-hydrogen) atoms. The Kier molecular flexibility index (Phi) is 6.67. The number of thioether (sulfide) groups is 1. The maximum atomic E-state index is 12.6. The third-order valence-electron chi connectivity index (χ3n) is 3.36. The molecule has 0 aliphatic rings. The summed E-state index contributed by atoms with van der Waals surface area (Å²) in [5.41, 5.74) is 1.43. The van der Waals surface area contributed by atoms with Crippen LogP contribution in [0.3, 0.4) is 0 Å². The predicted octanol–water partition coefficient (Wildman–Crippen LogP) is 3.44. The third-order valence-corrected chi connectivity index (χ3v) is 4.91. The standard InChI is InChI=1S/C17H19NO3S2/c1-21-17(20)14(9-11-22-2)18-16(19)13-7-4-3-6-12(13)15-8-5-10-23-15/h3-8,10,14H,9,11H2,1-2H3,(H,18,19)/t14-/m0/s1. The van der Waals surface area contributed by atoms with Crippen LogP contribution >= 0.6 is 23.1 Å². The van der Waals surface area contributed by atoms with Crippen molar-refractivity contribution in [3.8, 4) is 10.4 Å². The van der Waals surface area contributed by atoms with E-state index in [1.165, 1.54) is 7.11 Å². The van der Waals surface area contributed by atoms with E-state index in [1.807, 2.05) is 42.0 Å². The van der Waals surface area contributed by atoms with Crippen LogP contribution in [-0.4, -0.2) is 37.0 Å². The number of rotatable bonds is 7. The van der Waals surface area contributed by atoms with Crippen molar-refractivity contribution in [2.24, 2.45) is 0 Å². The fourth-order valence-corrected chi connectivity index (χ4v) is 3.43. The van der Waals surface area contributed by atoms with Crippen molar-refractivity contribution in [3.63, 3.8) is 0 Å². The largest absolute Gasteiger partial charge is 0.467 e. The number of carbonyl (C=O) groups is 2. The van der Waals surface area contributed by atoms with Crippen LogP contribution in [0.15, 0.2) is 41.8 Å². The van der Waals surface area contributed by atoms with Gasteiger partial charge in [0.15, 0.2) is 0 Å². The predicted molar refractivity (Wildman–Crippen MR) is 96.0 cm³/mol. The smallest absolute Gasteiger partial charge is 0.328 e. The minimum Gasteiger partial charge on any atom is -0.467 e. The number of carbonyl (C=O) groups excluding carboxylic acids is 2. The Morgan fingerprint density at radius 1 is 1.26 bits per heavy atom. The normalized spacial score (nSPS) is 11.7. The Bertz CT molecular complexity index is 656. The molecule has 2 rings (SSSR count). The summed E-state index contributed by atoms with van der Waals surface area (Å²) < 4.78 is 4.79. The number of hydrogen-bond donors (Lipinski definition) is 1. The van der Waals surface area contributed by atoms with Gasteiger partial charge in [-0.15, -0.1) is 11.3 Å². The molecule has 0 spiro atoms. The summed E-state index contributed by atoms with van der Waals surface area (Å²) in [5, 5.41) is 4.77. The van der Waals surface area contributed by atoms with Crippen molar-refractivity contribution >= 4 is 35.0 Å². The first-order valence-corrected chi connectivity index (χ1v) is 9.45. The molecule has 1 aromatic heterocycles. The molecule has 1 atom stereocenters. The van der Waals surface area contributed by atoms with Crippen molar-refractivity contribution in [2.75, 3.05) is 19.1 Å². The molecule has 0 saturated carbocycles. The Labute approximate surface area is 144 Å². The van der Waals surface area contributed by atoms with Crippen LogP contribution in [0, 0.1) is 0 Å². The molecule has 0 bridgehead atoms. The van der Waals surface area contributed by atoms with Gasteiger partial charge in [0.25, 0.3) is 5.91 Å². The molecule has 1 heterocycles. The Morgan fingerprint density at radius 2 is 2.04 bits per heavy atom. The number of hydrogen-bond acceptors (Lipinski definition) is 5. The zero-order valence-corrected chi connectivity index (χ0v) is 14.7. The molecule has 0 aliphatic carbocycles. The van der Waals surface area contributed by atoms with Crippen LogP contribution in [0.2, 0.25) is 0 Å². The van der Waals surface area contributed by atoms with Gasteiger partial charge in [0.2, 0.25) is 0 Å². The van der Waals surface area contributed by atoms with Crippen LogP contribution in [0.25, 0.3) is 10.4 Å². The van der Waals surface area contributed by atoms with E-state index >= 15 is 0 Å². The molecular weight excluding hydrogens is 330 g/mol. The lowest BCUT2D eigenvalue weighted by Gasteiger charge is -2.17. The summed E-state index contributed by atoms with van der Waals surface area (Å²) in [5.74, 6) is 0.0959. The van der Waals surface area contributed by atoms with Gasteiger partial charge in [-0.25, -0.2) is 4.79 Å². The summed E-state index contributed by atoms with van der Waals surface area (Å²) in [4.78, 5) is 25.5. The fourth-order valence-electron chi connectivity index (χ4n) is 2.19. The maximum Gasteiger partial charge on any atom is 0.328 e. The minimum atomic E-state index is -0.628. The molecule has 1 aromatic carbocycles. The van der Waals surface area contributed by atoms with E-state index in [9.17, 15) is 9.59 Å². The average molecular weight is 349 g/mol. The Hall–Kier alpha value is -1.79. The second kappa shape index (κ2) is 8.74. The summed E-state index contributed by atoms with van der Waals surface area (Å²) in [7, 11) is 1.33. The van der Waals surface area contributed by atoms with Gasteiger partial charge in [-0.3, -0.25) is 4.79 Å². The van der Waals surface area contributed by atoms with E-state index in [1.54, 1.807) is 29.2 Å². The molecule has 6 heteroatoms. The van der Waals surface area contributed by atoms with Crippen LogP contribution < -0.4 is 5.32 Å². The average Bonchev–Trinajstić information content (AvgIpc) is 3.12. The lowest BCUT2D eigenvalue weighted by atomic mass is 10.0. The Balaban J connectivity index is 2.21. The van der Waals surface area contributed by atoms with Gasteiger partial charge in [-0.1, -0.05) is 24.3 Å². The van der Waals surface area contributed by atoms with Crippen LogP contribution in [0.4, 0.5) is 0 Å². The first-order valence-electron chi connectivity index (χ1n) is 7.18. The van der Waals surface area contributed by atoms with E-state index in [0.717, 1.165) is 16.2 Å². The molecule has 1 N–H and O–H groups in total. The number of ether oxygens (including phenoxy) is 1. The van der Waals surface area contributed by atoms with Gasteiger partial charge in [0.05, 0.1) is 7.11 Å². The monoisotopic (exact) mass is 349 g/mol. The lowest BCUT2D eigenvalue weighted by molar-refractivity contribution is -0.142. The van der Waals surface area contributed by atoms with E-state index in [0.29, 0.717) is 12.0 Å². The minimum absolute atomic E-state index is 0.259. The van der Waals surface area contributed by atoms with Crippen LogP contribution in [-0.2, 0) is 9.53 Å². The first-order chi connectivity index (χ1) is 11.2. The molecule has 0 radical (unpaired) electrons. The van der Waals surface area contributed by atoms with Crippen molar-refractivity contribution in [1.82, 2.24) is 5.32 Å². The third kappa shape index (κ3) is 4.59. The van der Waals surface area contributed by atoms with E-state index in [4.69, 9.17) is 4.74 Å². The van der Waals surface area contributed by atoms with Gasteiger partial charge in [-0.2, -0.15) is 11.8 Å². The van der Waals surface area contributed by atoms with Gasteiger partial charge in [-0.05, 0) is 35.9 Å². The summed E-state index contributed by atoms with van der Waals surface area (Å²) in [6, 6.07) is 10.7. The highest BCUT2D eigenvalue weighted by atomic mass is 32.2. The van der Waals surface area contributed by atoms with Crippen molar-refractivity contribution in [1.29, 1.82) is 0 Å². The second-order valence-electron chi connectivity index (χ2n) is 4.85. The summed E-state index contributed by atoms with van der Waals surface area (Å²) >= 11 is 3.20. The van der Waals surface area contributed by atoms with Gasteiger partial charge in [0.1, 0.15) is 6.04 Å². The zero-order valence-electron chi connectivity index (χ0n) is 13.1. The van der Waals surface area contributed by atoms with Crippen molar-refractivity contribution in [2.45, 2.75) is 12.5 Å². The van der Waals surface area contributed by atoms with Crippen molar-refractivity contribution in [3.05, 3.63) is 47.3 Å². The number of benzene rings is 1. The van der Waals surface area contributed by atoms with Crippen LogP contribution in [0.5, 0.6) is 0 Å². The molecule has 0 saturated heterocycles. The number of esters is 1. The van der Waals surface area contributed by atoms with Crippen molar-refractivity contribution < 1.29 is 14.3 Å². The topological polar surface area (TPSA) is 55.4 Å². The summed E-state index contributed by atoms with van der Waals surface area (Å²) in [6.45, 7) is 0. The molecule has 0 aliphatic heterocycles.